The number of hydrogen-bond donors (Lipinski definition) is 1. The van der Waals surface area contributed by atoms with Gasteiger partial charge in [0.05, 0.1) is 11.1 Å². The van der Waals surface area contributed by atoms with Crippen molar-refractivity contribution in [1.29, 1.82) is 0 Å². The van der Waals surface area contributed by atoms with E-state index in [0.717, 1.165) is 0 Å². The fourth-order valence-corrected chi connectivity index (χ4v) is 3.36. The molecule has 6 heteroatoms. The maximum absolute atomic E-state index is 14.5. The van der Waals surface area contributed by atoms with Gasteiger partial charge in [0.15, 0.2) is 0 Å². The second kappa shape index (κ2) is 6.38. The molecule has 1 N–H and O–H groups in total. The Hall–Kier alpha value is -2.17. The fourth-order valence-electron chi connectivity index (χ4n) is 2.83. The van der Waals surface area contributed by atoms with E-state index in [1.807, 2.05) is 6.92 Å². The molecule has 0 amide bonds. The predicted molar refractivity (Wildman–Crippen MR) is 93.5 cm³/mol. The molecule has 0 aliphatic heterocycles. The van der Waals surface area contributed by atoms with Gasteiger partial charge < -0.3 is 5.11 Å². The first kappa shape index (κ1) is 16.7. The van der Waals surface area contributed by atoms with Gasteiger partial charge >= 0.3 is 5.97 Å². The summed E-state index contributed by atoms with van der Waals surface area (Å²) >= 11 is 12.0. The second-order valence-corrected chi connectivity index (χ2v) is 6.16. The van der Waals surface area contributed by atoms with Crippen LogP contribution < -0.4 is 0 Å². The van der Waals surface area contributed by atoms with Gasteiger partial charge in [0.1, 0.15) is 5.82 Å². The number of fused-ring (bicyclic) bond motifs is 1. The number of benzene rings is 2. The molecule has 0 bridgehead atoms. The minimum absolute atomic E-state index is 0.117. The third-order valence-electron chi connectivity index (χ3n) is 3.84. The number of rotatable bonds is 3. The van der Waals surface area contributed by atoms with Crippen molar-refractivity contribution in [2.45, 2.75) is 13.3 Å². The first-order chi connectivity index (χ1) is 11.4. The van der Waals surface area contributed by atoms with Gasteiger partial charge in [-0.05, 0) is 47.9 Å². The summed E-state index contributed by atoms with van der Waals surface area (Å²) in [6, 6.07) is 7.62. The lowest BCUT2D eigenvalue weighted by Crippen LogP contribution is -2.04. The highest BCUT2D eigenvalue weighted by molar-refractivity contribution is 6.35. The van der Waals surface area contributed by atoms with E-state index in [1.54, 1.807) is 24.3 Å². The lowest BCUT2D eigenvalue weighted by molar-refractivity contribution is 0.0695. The summed E-state index contributed by atoms with van der Waals surface area (Å²) < 4.78 is 14.5. The van der Waals surface area contributed by atoms with Crippen LogP contribution in [0.2, 0.25) is 10.0 Å². The standard InChI is InChI=1S/C18H12Cl2FNO2/c1-2-12-13-3-4-15(21)16(9-5-10(19)7-11(20)6-9)17(13)22-8-14(12)18(23)24/h3-8H,2H2,1H3,(H,23,24). The second-order valence-electron chi connectivity index (χ2n) is 5.29. The number of carboxylic acids is 1. The maximum atomic E-state index is 14.5. The molecule has 0 spiro atoms. The van der Waals surface area contributed by atoms with E-state index >= 15 is 0 Å². The highest BCUT2D eigenvalue weighted by atomic mass is 35.5. The van der Waals surface area contributed by atoms with Crippen LogP contribution in [0.3, 0.4) is 0 Å². The van der Waals surface area contributed by atoms with E-state index in [2.05, 4.69) is 4.98 Å². The third-order valence-corrected chi connectivity index (χ3v) is 4.27. The molecule has 3 rings (SSSR count). The Morgan fingerprint density at radius 3 is 2.46 bits per heavy atom. The smallest absolute Gasteiger partial charge is 0.337 e. The third kappa shape index (κ3) is 2.83. The van der Waals surface area contributed by atoms with Crippen molar-refractivity contribution in [3.05, 3.63) is 63.5 Å². The SMILES string of the molecule is CCc1c(C(=O)O)cnc2c(-c3cc(Cl)cc(Cl)c3)c(F)ccc12. The van der Waals surface area contributed by atoms with E-state index in [-0.39, 0.29) is 11.1 Å². The molecular formula is C18H12Cl2FNO2. The Kier molecular flexibility index (Phi) is 4.43. The van der Waals surface area contributed by atoms with Gasteiger partial charge in [0.2, 0.25) is 0 Å². The zero-order valence-corrected chi connectivity index (χ0v) is 14.1. The Balaban J connectivity index is 2.40. The molecule has 0 radical (unpaired) electrons. The van der Waals surface area contributed by atoms with Crippen LogP contribution in [0.1, 0.15) is 22.8 Å². The van der Waals surface area contributed by atoms with Crippen LogP contribution in [-0.2, 0) is 6.42 Å². The van der Waals surface area contributed by atoms with Crippen LogP contribution in [0, 0.1) is 5.82 Å². The van der Waals surface area contributed by atoms with E-state index in [1.165, 1.54) is 12.3 Å². The van der Waals surface area contributed by atoms with Gasteiger partial charge in [-0.25, -0.2) is 9.18 Å². The zero-order valence-electron chi connectivity index (χ0n) is 12.6. The number of pyridine rings is 1. The van der Waals surface area contributed by atoms with Crippen molar-refractivity contribution >= 4 is 40.1 Å². The van der Waals surface area contributed by atoms with E-state index < -0.39 is 11.8 Å². The van der Waals surface area contributed by atoms with Crippen molar-refractivity contribution in [2.75, 3.05) is 0 Å². The van der Waals surface area contributed by atoms with Gasteiger partial charge in [-0.15, -0.1) is 0 Å². The number of halogens is 3. The Morgan fingerprint density at radius 1 is 1.21 bits per heavy atom. The normalized spacial score (nSPS) is 11.0. The van der Waals surface area contributed by atoms with E-state index in [4.69, 9.17) is 23.2 Å². The Morgan fingerprint density at radius 2 is 1.88 bits per heavy atom. The number of hydrogen-bond acceptors (Lipinski definition) is 2. The van der Waals surface area contributed by atoms with Crippen LogP contribution in [0.5, 0.6) is 0 Å². The fraction of sp³-hybridized carbons (Fsp3) is 0.111. The Bertz CT molecular complexity index is 953. The molecule has 24 heavy (non-hydrogen) atoms. The number of aromatic carboxylic acids is 1. The number of nitrogens with zero attached hydrogens (tertiary/aromatic N) is 1. The molecule has 0 aliphatic carbocycles. The highest BCUT2D eigenvalue weighted by Gasteiger charge is 2.18. The van der Waals surface area contributed by atoms with E-state index in [0.29, 0.717) is 38.5 Å². The lowest BCUT2D eigenvalue weighted by Gasteiger charge is -2.13. The molecule has 0 saturated carbocycles. The van der Waals surface area contributed by atoms with E-state index in [9.17, 15) is 14.3 Å². The molecule has 3 nitrogen and oxygen atoms in total. The number of carboxylic acid groups (broad SMARTS) is 1. The van der Waals surface area contributed by atoms with Gasteiger partial charge in [0.25, 0.3) is 0 Å². The largest absolute Gasteiger partial charge is 0.478 e. The minimum atomic E-state index is -1.06. The van der Waals surface area contributed by atoms with Crippen molar-refractivity contribution in [3.63, 3.8) is 0 Å². The molecule has 0 saturated heterocycles. The monoisotopic (exact) mass is 363 g/mol. The first-order valence-electron chi connectivity index (χ1n) is 7.22. The highest BCUT2D eigenvalue weighted by Crippen LogP contribution is 2.35. The van der Waals surface area contributed by atoms with Crippen LogP contribution in [-0.4, -0.2) is 16.1 Å². The van der Waals surface area contributed by atoms with Crippen LogP contribution in [0.15, 0.2) is 36.5 Å². The molecule has 2 aromatic carbocycles. The molecule has 0 fully saturated rings. The summed E-state index contributed by atoms with van der Waals surface area (Å²) in [5.41, 5.74) is 1.86. The molecule has 1 heterocycles. The predicted octanol–water partition coefficient (Wildman–Crippen LogP) is 5.61. The maximum Gasteiger partial charge on any atom is 0.337 e. The van der Waals surface area contributed by atoms with Gasteiger partial charge in [-0.2, -0.15) is 0 Å². The molecule has 0 unspecified atom stereocenters. The zero-order chi connectivity index (χ0) is 17.4. The molecule has 122 valence electrons. The lowest BCUT2D eigenvalue weighted by atomic mass is 9.95. The summed E-state index contributed by atoms with van der Waals surface area (Å²) in [6.07, 6.45) is 1.75. The number of aromatic nitrogens is 1. The summed E-state index contributed by atoms with van der Waals surface area (Å²) in [4.78, 5) is 15.6. The van der Waals surface area contributed by atoms with Crippen molar-refractivity contribution in [1.82, 2.24) is 4.98 Å². The molecule has 0 aliphatic rings. The van der Waals surface area contributed by atoms with Crippen molar-refractivity contribution in [3.8, 4) is 11.1 Å². The summed E-state index contributed by atoms with van der Waals surface area (Å²) in [5, 5.41) is 10.7. The summed E-state index contributed by atoms with van der Waals surface area (Å²) in [6.45, 7) is 1.85. The quantitative estimate of drug-likeness (QED) is 0.657. The van der Waals surface area contributed by atoms with Crippen molar-refractivity contribution in [2.24, 2.45) is 0 Å². The summed E-state index contributed by atoms with van der Waals surface area (Å²) in [7, 11) is 0. The van der Waals surface area contributed by atoms with Gasteiger partial charge in [0, 0.05) is 27.2 Å². The van der Waals surface area contributed by atoms with Crippen molar-refractivity contribution < 1.29 is 14.3 Å². The van der Waals surface area contributed by atoms with Crippen LogP contribution in [0.25, 0.3) is 22.0 Å². The Labute approximate surface area is 147 Å². The van der Waals surface area contributed by atoms with Gasteiger partial charge in [-0.1, -0.05) is 30.1 Å². The number of carbonyl (C=O) groups is 1. The summed E-state index contributed by atoms with van der Waals surface area (Å²) in [5.74, 6) is -1.53. The molecule has 0 atom stereocenters. The average molecular weight is 364 g/mol. The minimum Gasteiger partial charge on any atom is -0.478 e. The molecular weight excluding hydrogens is 352 g/mol. The molecule has 3 aromatic rings. The average Bonchev–Trinajstić information content (AvgIpc) is 2.52. The topological polar surface area (TPSA) is 50.2 Å². The number of aryl methyl sites for hydroxylation is 1. The van der Waals surface area contributed by atoms with Crippen LogP contribution in [0.4, 0.5) is 4.39 Å². The van der Waals surface area contributed by atoms with Gasteiger partial charge in [-0.3, -0.25) is 4.98 Å². The van der Waals surface area contributed by atoms with Crippen LogP contribution >= 0.6 is 23.2 Å². The molecule has 1 aromatic heterocycles. The first-order valence-corrected chi connectivity index (χ1v) is 7.97.